The third kappa shape index (κ3) is 2.47. The van der Waals surface area contributed by atoms with Crippen molar-refractivity contribution < 1.29 is 9.90 Å². The zero-order chi connectivity index (χ0) is 14.1. The molecule has 0 atom stereocenters. The van der Waals surface area contributed by atoms with Crippen molar-refractivity contribution in [1.29, 1.82) is 0 Å². The van der Waals surface area contributed by atoms with Gasteiger partial charge in [0.25, 0.3) is 0 Å². The predicted octanol–water partition coefficient (Wildman–Crippen LogP) is 3.67. The van der Waals surface area contributed by atoms with Gasteiger partial charge in [-0.05, 0) is 54.7 Å². The molecule has 1 aliphatic rings. The van der Waals surface area contributed by atoms with Crippen molar-refractivity contribution in [2.45, 2.75) is 19.3 Å². The van der Waals surface area contributed by atoms with Crippen molar-refractivity contribution in [1.82, 2.24) is 4.98 Å². The van der Waals surface area contributed by atoms with Gasteiger partial charge >= 0.3 is 5.97 Å². The number of carbonyl (C=O) groups is 1. The largest absolute Gasteiger partial charge is 0.476 e. The molecule has 2 N–H and O–H groups in total. The van der Waals surface area contributed by atoms with Gasteiger partial charge in [0.1, 0.15) is 5.82 Å². The Balaban J connectivity index is 1.88. The third-order valence-electron chi connectivity index (χ3n) is 3.42. The summed E-state index contributed by atoms with van der Waals surface area (Å²) in [4.78, 5) is 15.0. The highest BCUT2D eigenvalue weighted by atomic mass is 35.5. The summed E-state index contributed by atoms with van der Waals surface area (Å²) in [6.45, 7) is 0. The Labute approximate surface area is 121 Å². The maximum atomic E-state index is 11.0. The van der Waals surface area contributed by atoms with Gasteiger partial charge in [-0.3, -0.25) is 0 Å². The van der Waals surface area contributed by atoms with E-state index in [1.54, 1.807) is 6.07 Å². The molecule has 2 aromatic rings. The highest BCUT2D eigenvalue weighted by Crippen LogP contribution is 2.27. The fourth-order valence-electron chi connectivity index (χ4n) is 2.46. The number of benzene rings is 1. The van der Waals surface area contributed by atoms with Crippen molar-refractivity contribution in [2.24, 2.45) is 0 Å². The van der Waals surface area contributed by atoms with Gasteiger partial charge in [-0.2, -0.15) is 0 Å². The van der Waals surface area contributed by atoms with Gasteiger partial charge in [0.2, 0.25) is 0 Å². The van der Waals surface area contributed by atoms with Crippen LogP contribution in [0.25, 0.3) is 0 Å². The zero-order valence-corrected chi connectivity index (χ0v) is 11.4. The lowest BCUT2D eigenvalue weighted by Gasteiger charge is -2.09. The van der Waals surface area contributed by atoms with Gasteiger partial charge in [-0.25, -0.2) is 9.78 Å². The topological polar surface area (TPSA) is 62.2 Å². The second kappa shape index (κ2) is 5.13. The molecule has 0 radical (unpaired) electrons. The number of fused-ring (bicyclic) bond motifs is 1. The van der Waals surface area contributed by atoms with Crippen LogP contribution in [0, 0.1) is 0 Å². The Morgan fingerprint density at radius 2 is 2.00 bits per heavy atom. The fraction of sp³-hybridized carbons (Fsp3) is 0.200. The molecule has 4 nitrogen and oxygen atoms in total. The molecule has 0 saturated heterocycles. The molecule has 0 unspecified atom stereocenters. The summed E-state index contributed by atoms with van der Waals surface area (Å²) in [5.74, 6) is -0.655. The molecule has 3 rings (SSSR count). The van der Waals surface area contributed by atoms with Gasteiger partial charge in [-0.1, -0.05) is 17.7 Å². The number of nitrogens with zero attached hydrogens (tertiary/aromatic N) is 1. The molecule has 1 aromatic heterocycles. The molecule has 0 amide bonds. The SMILES string of the molecule is O=C(O)c1nc(Nc2ccc3c(c2)CCC3)ccc1Cl. The van der Waals surface area contributed by atoms with E-state index in [0.717, 1.165) is 18.5 Å². The summed E-state index contributed by atoms with van der Waals surface area (Å²) < 4.78 is 0. The van der Waals surface area contributed by atoms with Crippen LogP contribution in [0.15, 0.2) is 30.3 Å². The van der Waals surface area contributed by atoms with Crippen molar-refractivity contribution in [3.63, 3.8) is 0 Å². The summed E-state index contributed by atoms with van der Waals surface area (Å²) in [6, 6.07) is 9.40. The molecule has 0 bridgehead atoms. The molecule has 0 spiro atoms. The number of aromatic carboxylic acids is 1. The Kier molecular flexibility index (Phi) is 3.32. The number of halogens is 1. The van der Waals surface area contributed by atoms with Crippen LogP contribution in [0.1, 0.15) is 28.0 Å². The normalized spacial score (nSPS) is 13.1. The minimum absolute atomic E-state index is 0.136. The lowest BCUT2D eigenvalue weighted by atomic mass is 10.1. The number of carboxylic acid groups (broad SMARTS) is 1. The van der Waals surface area contributed by atoms with Crippen LogP contribution in [-0.2, 0) is 12.8 Å². The number of hydrogen-bond donors (Lipinski definition) is 2. The van der Waals surface area contributed by atoms with Crippen LogP contribution in [-0.4, -0.2) is 16.1 Å². The van der Waals surface area contributed by atoms with Crippen molar-refractivity contribution in [3.8, 4) is 0 Å². The van der Waals surface area contributed by atoms with E-state index >= 15 is 0 Å². The molecular formula is C15H13ClN2O2. The highest BCUT2D eigenvalue weighted by molar-refractivity contribution is 6.33. The van der Waals surface area contributed by atoms with Crippen molar-refractivity contribution >= 4 is 29.1 Å². The summed E-state index contributed by atoms with van der Waals surface area (Å²) >= 11 is 5.80. The third-order valence-corrected chi connectivity index (χ3v) is 3.72. The number of nitrogens with one attached hydrogen (secondary N) is 1. The molecule has 5 heteroatoms. The standard InChI is InChI=1S/C15H13ClN2O2/c16-12-6-7-13(18-14(12)15(19)20)17-11-5-4-9-2-1-3-10(9)8-11/h4-8H,1-3H2,(H,17,18)(H,19,20). The number of aromatic nitrogens is 1. The number of anilines is 2. The van der Waals surface area contributed by atoms with Gasteiger partial charge in [0.15, 0.2) is 5.69 Å². The first-order valence-corrected chi connectivity index (χ1v) is 6.80. The number of pyridine rings is 1. The molecule has 0 fully saturated rings. The number of rotatable bonds is 3. The summed E-state index contributed by atoms with van der Waals surface area (Å²) in [5.41, 5.74) is 3.52. The molecule has 0 aliphatic heterocycles. The summed E-state index contributed by atoms with van der Waals surface area (Å²) in [7, 11) is 0. The number of aryl methyl sites for hydroxylation is 2. The van der Waals surface area contributed by atoms with Crippen LogP contribution in [0.5, 0.6) is 0 Å². The minimum atomic E-state index is -1.13. The first kappa shape index (κ1) is 12.9. The molecule has 1 aliphatic carbocycles. The van der Waals surface area contributed by atoms with E-state index in [1.807, 2.05) is 6.07 Å². The smallest absolute Gasteiger partial charge is 0.356 e. The van der Waals surface area contributed by atoms with E-state index in [1.165, 1.54) is 23.6 Å². The first-order chi connectivity index (χ1) is 9.63. The summed E-state index contributed by atoms with van der Waals surface area (Å²) in [5, 5.41) is 12.3. The Morgan fingerprint density at radius 1 is 1.20 bits per heavy atom. The van der Waals surface area contributed by atoms with Crippen LogP contribution < -0.4 is 5.32 Å². The lowest BCUT2D eigenvalue weighted by Crippen LogP contribution is -2.04. The molecule has 1 aromatic carbocycles. The lowest BCUT2D eigenvalue weighted by molar-refractivity contribution is 0.0691. The Hall–Kier alpha value is -2.07. The Bertz CT molecular complexity index is 686. The fourth-order valence-corrected chi connectivity index (χ4v) is 2.65. The quantitative estimate of drug-likeness (QED) is 0.904. The van der Waals surface area contributed by atoms with Crippen LogP contribution >= 0.6 is 11.6 Å². The predicted molar refractivity (Wildman–Crippen MR) is 78.0 cm³/mol. The van der Waals surface area contributed by atoms with Crippen LogP contribution in [0.4, 0.5) is 11.5 Å². The molecular weight excluding hydrogens is 276 g/mol. The average molecular weight is 289 g/mol. The van der Waals surface area contributed by atoms with E-state index in [9.17, 15) is 4.79 Å². The van der Waals surface area contributed by atoms with Gasteiger partial charge in [0.05, 0.1) is 5.02 Å². The first-order valence-electron chi connectivity index (χ1n) is 6.42. The molecule has 0 saturated carbocycles. The second-order valence-corrected chi connectivity index (χ2v) is 5.20. The van der Waals surface area contributed by atoms with E-state index in [4.69, 9.17) is 16.7 Å². The average Bonchev–Trinajstić information content (AvgIpc) is 2.88. The van der Waals surface area contributed by atoms with Crippen molar-refractivity contribution in [3.05, 3.63) is 52.2 Å². The van der Waals surface area contributed by atoms with Crippen molar-refractivity contribution in [2.75, 3.05) is 5.32 Å². The minimum Gasteiger partial charge on any atom is -0.476 e. The van der Waals surface area contributed by atoms with E-state index < -0.39 is 5.97 Å². The number of hydrogen-bond acceptors (Lipinski definition) is 3. The van der Waals surface area contributed by atoms with E-state index in [0.29, 0.717) is 5.82 Å². The maximum absolute atomic E-state index is 11.0. The maximum Gasteiger partial charge on any atom is 0.356 e. The Morgan fingerprint density at radius 3 is 2.80 bits per heavy atom. The van der Waals surface area contributed by atoms with Gasteiger partial charge in [-0.15, -0.1) is 0 Å². The monoisotopic (exact) mass is 288 g/mol. The highest BCUT2D eigenvalue weighted by Gasteiger charge is 2.13. The van der Waals surface area contributed by atoms with Gasteiger partial charge in [0, 0.05) is 5.69 Å². The summed E-state index contributed by atoms with van der Waals surface area (Å²) in [6.07, 6.45) is 3.43. The van der Waals surface area contributed by atoms with Crippen LogP contribution in [0.3, 0.4) is 0 Å². The van der Waals surface area contributed by atoms with E-state index in [2.05, 4.69) is 22.4 Å². The number of carboxylic acids is 1. The zero-order valence-electron chi connectivity index (χ0n) is 10.7. The molecule has 20 heavy (non-hydrogen) atoms. The van der Waals surface area contributed by atoms with E-state index in [-0.39, 0.29) is 10.7 Å². The van der Waals surface area contributed by atoms with Gasteiger partial charge < -0.3 is 10.4 Å². The molecule has 1 heterocycles. The molecule has 102 valence electrons. The second-order valence-electron chi connectivity index (χ2n) is 4.79. The van der Waals surface area contributed by atoms with Crippen LogP contribution in [0.2, 0.25) is 5.02 Å².